The van der Waals surface area contributed by atoms with Crippen molar-refractivity contribution >= 4 is 69.5 Å². The molecular formula is C34H33N4O6S2+. The number of benzene rings is 3. The van der Waals surface area contributed by atoms with E-state index in [1.165, 1.54) is 23.9 Å². The minimum Gasteiger partial charge on any atom is -0.426 e. The van der Waals surface area contributed by atoms with Crippen molar-refractivity contribution in [2.75, 3.05) is 10.0 Å². The normalized spacial score (nSPS) is 15.1. The molecule has 1 unspecified atom stereocenters. The highest BCUT2D eigenvalue weighted by Gasteiger charge is 2.44. The molecule has 4 rings (SSSR count). The summed E-state index contributed by atoms with van der Waals surface area (Å²) in [4.78, 5) is 48.8. The van der Waals surface area contributed by atoms with Crippen LogP contribution in [-0.4, -0.2) is 38.5 Å². The zero-order valence-electron chi connectivity index (χ0n) is 25.4. The Morgan fingerprint density at radius 3 is 1.96 bits per heavy atom. The van der Waals surface area contributed by atoms with Crippen LogP contribution in [0.25, 0.3) is 0 Å². The molecule has 1 aliphatic rings. The van der Waals surface area contributed by atoms with E-state index < -0.39 is 29.6 Å². The molecule has 1 atom stereocenters. The number of rotatable bonds is 8. The molecule has 0 saturated heterocycles. The van der Waals surface area contributed by atoms with Crippen molar-refractivity contribution in [3.8, 4) is 5.75 Å². The lowest BCUT2D eigenvalue weighted by Crippen LogP contribution is -2.54. The first-order valence-corrected chi connectivity index (χ1v) is 15.0. The van der Waals surface area contributed by atoms with E-state index in [9.17, 15) is 19.2 Å². The number of nitrogens with zero attached hydrogens (tertiary/aromatic N) is 2. The van der Waals surface area contributed by atoms with Crippen LogP contribution in [0.2, 0.25) is 0 Å². The lowest BCUT2D eigenvalue weighted by molar-refractivity contribution is -0.132. The van der Waals surface area contributed by atoms with Gasteiger partial charge in [0.25, 0.3) is 0 Å². The summed E-state index contributed by atoms with van der Waals surface area (Å²) < 4.78 is 10.9. The molecule has 46 heavy (non-hydrogen) atoms. The highest BCUT2D eigenvalue weighted by Crippen LogP contribution is 2.39. The van der Waals surface area contributed by atoms with Crippen LogP contribution >= 0.6 is 24.4 Å². The van der Waals surface area contributed by atoms with E-state index in [1.54, 1.807) is 84.9 Å². The number of esters is 2. The Bertz CT molecular complexity index is 1710. The molecule has 236 valence electrons. The number of hydrogen-bond donors (Lipinski definition) is 2. The van der Waals surface area contributed by atoms with Gasteiger partial charge < -0.3 is 9.53 Å². The molecule has 0 saturated carbocycles. The number of hydrogen-bond acceptors (Lipinski definition) is 7. The van der Waals surface area contributed by atoms with Crippen molar-refractivity contribution in [1.29, 1.82) is 0 Å². The van der Waals surface area contributed by atoms with Crippen molar-refractivity contribution in [2.24, 2.45) is 5.41 Å². The molecule has 0 radical (unpaired) electrons. The number of thiocarbonyl (C=S) groups is 2. The fraction of sp³-hybridized carbons (Fsp3) is 0.176. The van der Waals surface area contributed by atoms with Gasteiger partial charge in [0.15, 0.2) is 0 Å². The summed E-state index contributed by atoms with van der Waals surface area (Å²) in [5, 5.41) is 2.79. The standard InChI is InChI=1S/C34H32N4O6S2/c1-23(39)43-28-19-11-10-18-27(28)32(45)37(25-14-6-4-7-15-25)35-30(41)22-31(42)36-38(26-16-8-5-9-17-26)33(46)34(3)21-13-12-20-29(34)44-24(2)40/h4-20H,21-22H2,1-3H3,(H,35,41)(H,36,42)/p+1. The molecule has 3 aromatic rings. The van der Waals surface area contributed by atoms with Gasteiger partial charge in [0.1, 0.15) is 27.6 Å². The number of para-hydroxylation sites is 3. The van der Waals surface area contributed by atoms with E-state index in [4.69, 9.17) is 33.9 Å². The van der Waals surface area contributed by atoms with Gasteiger partial charge >= 0.3 is 11.9 Å². The Labute approximate surface area is 277 Å². The maximum absolute atomic E-state index is 13.4. The van der Waals surface area contributed by atoms with Gasteiger partial charge in [-0.25, -0.2) is 10.0 Å². The van der Waals surface area contributed by atoms with Crippen molar-refractivity contribution in [2.45, 2.75) is 33.6 Å². The van der Waals surface area contributed by atoms with E-state index in [1.807, 2.05) is 25.1 Å². The first kappa shape index (κ1) is 33.7. The van der Waals surface area contributed by atoms with Gasteiger partial charge in [-0.1, -0.05) is 85.1 Å². The molecule has 0 fully saturated rings. The number of nitrogens with one attached hydrogen (secondary N) is 2. The van der Waals surface area contributed by atoms with Crippen LogP contribution in [-0.2, 0) is 19.1 Å². The van der Waals surface area contributed by atoms with Crippen LogP contribution in [0.5, 0.6) is 5.75 Å². The van der Waals surface area contributed by atoms with Crippen molar-refractivity contribution in [3.05, 3.63) is 114 Å². The van der Waals surface area contributed by atoms with Gasteiger partial charge in [0.2, 0.25) is 17.6 Å². The predicted octanol–water partition coefficient (Wildman–Crippen LogP) is 5.47. The van der Waals surface area contributed by atoms with Crippen LogP contribution in [0.4, 0.5) is 11.4 Å². The monoisotopic (exact) mass is 657 g/mol. The fourth-order valence-electron chi connectivity index (χ4n) is 4.59. The van der Waals surface area contributed by atoms with Gasteiger partial charge in [0.05, 0.1) is 23.9 Å². The molecule has 3 N–H and O–H groups in total. The van der Waals surface area contributed by atoms with E-state index in [0.717, 1.165) is 0 Å². The Balaban J connectivity index is 1.57. The second-order valence-corrected chi connectivity index (χ2v) is 11.2. The first-order chi connectivity index (χ1) is 22.0. The summed E-state index contributed by atoms with van der Waals surface area (Å²) in [5.41, 5.74) is 6.02. The number of amides is 2. The Kier molecular flexibility index (Phi) is 11.1. The van der Waals surface area contributed by atoms with Crippen LogP contribution < -0.4 is 25.6 Å². The van der Waals surface area contributed by atoms with Crippen molar-refractivity contribution in [1.82, 2.24) is 10.9 Å². The smallest absolute Gasteiger partial charge is 0.426 e. The van der Waals surface area contributed by atoms with Gasteiger partial charge in [-0.05, 0) is 49.7 Å². The number of anilines is 2. The van der Waals surface area contributed by atoms with E-state index in [2.05, 4.69) is 10.9 Å². The zero-order valence-corrected chi connectivity index (χ0v) is 27.1. The summed E-state index contributed by atoms with van der Waals surface area (Å²) in [6.45, 7) is 4.53. The lowest BCUT2D eigenvalue weighted by Gasteiger charge is -2.36. The third-order valence-corrected chi connectivity index (χ3v) is 7.82. The maximum atomic E-state index is 13.4. The number of ether oxygens (including phenoxy) is 2. The quantitative estimate of drug-likeness (QED) is 0.0811. The summed E-state index contributed by atoms with van der Waals surface area (Å²) >= 11 is 11.7. The first-order valence-electron chi connectivity index (χ1n) is 14.2. The summed E-state index contributed by atoms with van der Waals surface area (Å²) in [6.07, 6.45) is 5.25. The molecule has 1 aliphatic carbocycles. The number of carbonyl (C=O) groups is 3. The molecule has 0 heterocycles. The minimum absolute atomic E-state index is 0.137. The average molecular weight is 658 g/mol. The number of carbonyl (C=O) groups excluding carboxylic acids is 4. The molecule has 0 aromatic heterocycles. The van der Waals surface area contributed by atoms with Crippen LogP contribution in [0.15, 0.2) is 109 Å². The lowest BCUT2D eigenvalue weighted by atomic mass is 9.81. The SMILES string of the molecule is CC(=O)Oc1ccccc1C(=S)N(NC(=O)CC(=O)NN(C(=S)C1(C)CC=CC=C1OC(C)=[OH+])c1ccccc1)c1ccccc1. The number of allylic oxidation sites excluding steroid dienone is 3. The third-order valence-electron chi connectivity index (χ3n) is 6.78. The zero-order chi connectivity index (χ0) is 33.3. The molecule has 10 nitrogen and oxygen atoms in total. The van der Waals surface area contributed by atoms with Crippen LogP contribution in [0, 0.1) is 5.41 Å². The summed E-state index contributed by atoms with van der Waals surface area (Å²) in [5.74, 6) is -1.49. The molecule has 0 bridgehead atoms. The molecular weight excluding hydrogens is 625 g/mol. The highest BCUT2D eigenvalue weighted by molar-refractivity contribution is 7.81. The molecule has 2 amide bonds. The van der Waals surface area contributed by atoms with Gasteiger partial charge in [0, 0.05) is 13.0 Å². The maximum Gasteiger partial charge on any atom is 0.485 e. The van der Waals surface area contributed by atoms with Crippen molar-refractivity contribution < 1.29 is 28.7 Å². The topological polar surface area (TPSA) is 122 Å². The van der Waals surface area contributed by atoms with Crippen molar-refractivity contribution in [3.63, 3.8) is 0 Å². The summed E-state index contributed by atoms with van der Waals surface area (Å²) in [6, 6.07) is 24.4. The average Bonchev–Trinajstić information content (AvgIpc) is 3.03. The largest absolute Gasteiger partial charge is 0.485 e. The Morgan fingerprint density at radius 1 is 0.826 bits per heavy atom. The number of hydrazine groups is 2. The molecule has 0 aliphatic heterocycles. The van der Waals surface area contributed by atoms with Gasteiger partial charge in [-0.2, -0.15) is 0 Å². The third kappa shape index (κ3) is 8.29. The van der Waals surface area contributed by atoms with Gasteiger partial charge in [-0.15, -0.1) is 0 Å². The van der Waals surface area contributed by atoms with Gasteiger partial charge in [-0.3, -0.25) is 30.0 Å². The highest BCUT2D eigenvalue weighted by atomic mass is 32.1. The van der Waals surface area contributed by atoms with E-state index in [-0.39, 0.29) is 21.7 Å². The van der Waals surface area contributed by atoms with E-state index in [0.29, 0.717) is 29.1 Å². The Hall–Kier alpha value is -5.20. The van der Waals surface area contributed by atoms with Crippen LogP contribution in [0.1, 0.15) is 39.2 Å². The molecule has 12 heteroatoms. The Morgan fingerprint density at radius 2 is 1.37 bits per heavy atom. The minimum atomic E-state index is -0.926. The molecule has 3 aromatic carbocycles. The second kappa shape index (κ2) is 15.2. The summed E-state index contributed by atoms with van der Waals surface area (Å²) in [7, 11) is 0. The van der Waals surface area contributed by atoms with E-state index >= 15 is 0 Å². The molecule has 0 spiro atoms. The van der Waals surface area contributed by atoms with Crippen LogP contribution in [0.3, 0.4) is 0 Å². The predicted molar refractivity (Wildman–Crippen MR) is 184 cm³/mol. The fourth-order valence-corrected chi connectivity index (χ4v) is 5.24. The second-order valence-electron chi connectivity index (χ2n) is 10.4.